The van der Waals surface area contributed by atoms with Gasteiger partial charge in [0.15, 0.2) is 0 Å². The van der Waals surface area contributed by atoms with Crippen LogP contribution in [-0.2, 0) is 16.1 Å². The van der Waals surface area contributed by atoms with Gasteiger partial charge < -0.3 is 25.8 Å². The number of amides is 2. The molecule has 0 saturated carbocycles. The van der Waals surface area contributed by atoms with E-state index < -0.39 is 6.04 Å². The summed E-state index contributed by atoms with van der Waals surface area (Å²) in [7, 11) is 3.26. The second-order valence-corrected chi connectivity index (χ2v) is 7.50. The predicted molar refractivity (Wildman–Crippen MR) is 122 cm³/mol. The Kier molecular flexibility index (Phi) is 12.8. The van der Waals surface area contributed by atoms with E-state index in [1.54, 1.807) is 14.2 Å². The summed E-state index contributed by atoms with van der Waals surface area (Å²) >= 11 is 0. The minimum absolute atomic E-state index is 0. The number of rotatable bonds is 9. The molecule has 172 valence electrons. The van der Waals surface area contributed by atoms with Crippen molar-refractivity contribution in [3.63, 3.8) is 0 Å². The number of carbonyl (C=O) groups excluding carboxylic acids is 2. The Labute approximate surface area is 191 Å². The lowest BCUT2D eigenvalue weighted by atomic mass is 10.1. The van der Waals surface area contributed by atoms with Crippen LogP contribution in [0.3, 0.4) is 0 Å². The minimum Gasteiger partial charge on any atom is -0.497 e. The molecule has 4 N–H and O–H groups in total. The van der Waals surface area contributed by atoms with Crippen LogP contribution in [0, 0.1) is 5.92 Å². The van der Waals surface area contributed by atoms with Crippen molar-refractivity contribution in [1.82, 2.24) is 15.5 Å². The van der Waals surface area contributed by atoms with Gasteiger partial charge in [-0.2, -0.15) is 0 Å². The minimum atomic E-state index is -0.602. The van der Waals surface area contributed by atoms with E-state index in [-0.39, 0.29) is 55.1 Å². The van der Waals surface area contributed by atoms with Gasteiger partial charge in [0.05, 0.1) is 26.8 Å². The highest BCUT2D eigenvalue weighted by molar-refractivity contribution is 5.87. The Morgan fingerprint density at radius 1 is 1.17 bits per heavy atom. The summed E-state index contributed by atoms with van der Waals surface area (Å²) in [5.74, 6) is 1.05. The summed E-state index contributed by atoms with van der Waals surface area (Å²) in [5, 5.41) is 5.57. The molecule has 2 atom stereocenters. The smallest absolute Gasteiger partial charge is 0.239 e. The number of hydrogen-bond donors (Lipinski definition) is 3. The second kappa shape index (κ2) is 13.5. The van der Waals surface area contributed by atoms with Crippen molar-refractivity contribution in [2.75, 3.05) is 33.9 Å². The number of ether oxygens (including phenoxy) is 2. The van der Waals surface area contributed by atoms with Crippen LogP contribution in [0.2, 0.25) is 0 Å². The molecule has 1 saturated heterocycles. The molecule has 1 heterocycles. The number of nitrogens with zero attached hydrogens (tertiary/aromatic N) is 1. The first-order valence-corrected chi connectivity index (χ1v) is 9.59. The van der Waals surface area contributed by atoms with Crippen LogP contribution >= 0.6 is 24.8 Å². The number of benzene rings is 1. The fraction of sp³-hybridized carbons (Fsp3) is 0.600. The Hall–Kier alpha value is -1.74. The first-order valence-electron chi connectivity index (χ1n) is 9.59. The molecule has 8 nitrogen and oxygen atoms in total. The van der Waals surface area contributed by atoms with Crippen molar-refractivity contribution in [1.29, 1.82) is 0 Å². The van der Waals surface area contributed by atoms with Crippen LogP contribution < -0.4 is 25.8 Å². The number of likely N-dealkylation sites (tertiary alicyclic amines) is 1. The maximum absolute atomic E-state index is 12.1. The van der Waals surface area contributed by atoms with Gasteiger partial charge in [0.1, 0.15) is 11.5 Å². The Bertz CT molecular complexity index is 669. The van der Waals surface area contributed by atoms with Crippen LogP contribution in [-0.4, -0.2) is 62.7 Å². The first kappa shape index (κ1) is 28.3. The summed E-state index contributed by atoms with van der Waals surface area (Å²) in [6, 6.07) is 5.28. The van der Waals surface area contributed by atoms with Crippen molar-refractivity contribution in [3.05, 3.63) is 23.8 Å². The van der Waals surface area contributed by atoms with Crippen LogP contribution in [0.1, 0.15) is 25.8 Å². The van der Waals surface area contributed by atoms with E-state index in [4.69, 9.17) is 15.2 Å². The standard InChI is InChI=1S/C20H32N4O4.2ClH/c1-13(2)19(21)20(26)22-10-18(25)23-15-5-6-24(12-15)11-14-7-16(27-3)9-17(8-14)28-4;;/h7-9,13,15,19H,5-6,10-12,21H2,1-4H3,(H,22,26)(H,23,25);2*1H/t15?,19-;;/m0../s1. The van der Waals surface area contributed by atoms with Crippen molar-refractivity contribution < 1.29 is 19.1 Å². The zero-order valence-corrected chi connectivity index (χ0v) is 19.6. The van der Waals surface area contributed by atoms with Crippen molar-refractivity contribution >= 4 is 36.6 Å². The van der Waals surface area contributed by atoms with E-state index in [0.717, 1.165) is 43.1 Å². The highest BCUT2D eigenvalue weighted by Gasteiger charge is 2.25. The monoisotopic (exact) mass is 464 g/mol. The average Bonchev–Trinajstić information content (AvgIpc) is 3.11. The van der Waals surface area contributed by atoms with Crippen molar-refractivity contribution in [2.45, 2.75) is 38.9 Å². The lowest BCUT2D eigenvalue weighted by Crippen LogP contribution is -2.48. The molecule has 1 unspecified atom stereocenters. The molecule has 1 aliphatic heterocycles. The number of hydrogen-bond acceptors (Lipinski definition) is 6. The number of carbonyl (C=O) groups is 2. The van der Waals surface area contributed by atoms with E-state index in [2.05, 4.69) is 15.5 Å². The van der Waals surface area contributed by atoms with Crippen LogP contribution in [0.25, 0.3) is 0 Å². The van der Waals surface area contributed by atoms with E-state index in [0.29, 0.717) is 0 Å². The molecule has 2 rings (SSSR count). The van der Waals surface area contributed by atoms with Crippen molar-refractivity contribution in [3.8, 4) is 11.5 Å². The summed E-state index contributed by atoms with van der Waals surface area (Å²) in [4.78, 5) is 26.2. The third-order valence-corrected chi connectivity index (χ3v) is 4.90. The molecule has 0 radical (unpaired) electrons. The van der Waals surface area contributed by atoms with Crippen LogP contribution in [0.4, 0.5) is 0 Å². The maximum atomic E-state index is 12.1. The Balaban J connectivity index is 0.00000420. The molecule has 0 aliphatic carbocycles. The lowest BCUT2D eigenvalue weighted by molar-refractivity contribution is -0.127. The van der Waals surface area contributed by atoms with Gasteiger partial charge in [0, 0.05) is 31.7 Å². The quantitative estimate of drug-likeness (QED) is 0.508. The molecular formula is C20H34Cl2N4O4. The van der Waals surface area contributed by atoms with Crippen LogP contribution in [0.5, 0.6) is 11.5 Å². The number of nitrogens with two attached hydrogens (primary N) is 1. The summed E-state index contributed by atoms with van der Waals surface area (Å²) in [6.07, 6.45) is 0.867. The fourth-order valence-electron chi connectivity index (χ4n) is 3.18. The van der Waals surface area contributed by atoms with Gasteiger partial charge in [-0.05, 0) is 30.0 Å². The molecule has 1 aromatic carbocycles. The molecular weight excluding hydrogens is 431 g/mol. The Morgan fingerprint density at radius 2 is 1.77 bits per heavy atom. The van der Waals surface area contributed by atoms with Gasteiger partial charge in [-0.3, -0.25) is 14.5 Å². The highest BCUT2D eigenvalue weighted by atomic mass is 35.5. The van der Waals surface area contributed by atoms with Gasteiger partial charge >= 0.3 is 0 Å². The largest absolute Gasteiger partial charge is 0.497 e. The molecule has 10 heteroatoms. The molecule has 0 bridgehead atoms. The van der Waals surface area contributed by atoms with E-state index in [1.165, 1.54) is 0 Å². The molecule has 30 heavy (non-hydrogen) atoms. The van der Waals surface area contributed by atoms with E-state index in [1.807, 2.05) is 32.0 Å². The highest BCUT2D eigenvalue weighted by Crippen LogP contribution is 2.24. The molecule has 0 spiro atoms. The zero-order chi connectivity index (χ0) is 20.7. The third kappa shape index (κ3) is 8.55. The number of nitrogens with one attached hydrogen (secondary N) is 2. The summed E-state index contributed by atoms with van der Waals surface area (Å²) < 4.78 is 10.6. The van der Waals surface area contributed by atoms with E-state index >= 15 is 0 Å². The fourth-order valence-corrected chi connectivity index (χ4v) is 3.18. The van der Waals surface area contributed by atoms with Gasteiger partial charge in [0.25, 0.3) is 0 Å². The third-order valence-electron chi connectivity index (χ3n) is 4.90. The topological polar surface area (TPSA) is 106 Å². The summed E-state index contributed by atoms with van der Waals surface area (Å²) in [5.41, 5.74) is 6.87. The zero-order valence-electron chi connectivity index (χ0n) is 18.0. The summed E-state index contributed by atoms with van der Waals surface area (Å²) in [6.45, 7) is 6.08. The molecule has 1 fully saturated rings. The molecule has 1 aromatic rings. The van der Waals surface area contributed by atoms with Gasteiger partial charge in [-0.1, -0.05) is 13.8 Å². The van der Waals surface area contributed by atoms with Crippen LogP contribution in [0.15, 0.2) is 18.2 Å². The molecule has 1 aliphatic rings. The predicted octanol–water partition coefficient (Wildman–Crippen LogP) is 1.34. The Morgan fingerprint density at radius 3 is 2.30 bits per heavy atom. The first-order chi connectivity index (χ1) is 13.3. The maximum Gasteiger partial charge on any atom is 0.239 e. The van der Waals surface area contributed by atoms with Gasteiger partial charge in [0.2, 0.25) is 11.8 Å². The molecule has 2 amide bonds. The number of methoxy groups -OCH3 is 2. The lowest BCUT2D eigenvalue weighted by Gasteiger charge is -2.18. The number of halogens is 2. The van der Waals surface area contributed by atoms with Gasteiger partial charge in [-0.15, -0.1) is 24.8 Å². The second-order valence-electron chi connectivity index (χ2n) is 7.50. The molecule has 0 aromatic heterocycles. The van der Waals surface area contributed by atoms with Gasteiger partial charge in [-0.25, -0.2) is 0 Å². The normalized spacial score (nSPS) is 16.8. The van der Waals surface area contributed by atoms with Crippen molar-refractivity contribution in [2.24, 2.45) is 11.7 Å². The average molecular weight is 465 g/mol. The van der Waals surface area contributed by atoms with E-state index in [9.17, 15) is 9.59 Å². The SMILES string of the molecule is COc1cc(CN2CCC(NC(=O)CNC(=O)[C@@H](N)C(C)C)C2)cc(OC)c1.Cl.Cl.